The van der Waals surface area contributed by atoms with E-state index in [4.69, 9.17) is 9.47 Å². The molecule has 0 unspecified atom stereocenters. The summed E-state index contributed by atoms with van der Waals surface area (Å²) in [6.07, 6.45) is 0. The molecule has 0 fully saturated rings. The van der Waals surface area contributed by atoms with Gasteiger partial charge in [0.15, 0.2) is 6.61 Å². The van der Waals surface area contributed by atoms with Gasteiger partial charge in [-0.05, 0) is 37.1 Å². The average Bonchev–Trinajstić information content (AvgIpc) is 2.54. The number of ether oxygens (including phenoxy) is 2. The van der Waals surface area contributed by atoms with Gasteiger partial charge in [0.25, 0.3) is 5.91 Å². The highest BCUT2D eigenvalue weighted by Gasteiger charge is 2.07. The van der Waals surface area contributed by atoms with Crippen LogP contribution >= 0.6 is 0 Å². The van der Waals surface area contributed by atoms with E-state index >= 15 is 0 Å². The lowest BCUT2D eigenvalue weighted by Crippen LogP contribution is -2.28. The van der Waals surface area contributed by atoms with Gasteiger partial charge in [-0.3, -0.25) is 4.79 Å². The molecule has 0 spiro atoms. The summed E-state index contributed by atoms with van der Waals surface area (Å²) >= 11 is 0. The van der Waals surface area contributed by atoms with Gasteiger partial charge in [0, 0.05) is 12.1 Å². The number of benzene rings is 2. The summed E-state index contributed by atoms with van der Waals surface area (Å²) in [7, 11) is 1.62. The van der Waals surface area contributed by atoms with Crippen molar-refractivity contribution in [1.29, 1.82) is 0 Å². The van der Waals surface area contributed by atoms with Crippen LogP contribution in [0.25, 0.3) is 0 Å². The molecule has 0 aliphatic carbocycles. The number of hydrogen-bond donors (Lipinski definition) is 1. The molecule has 4 nitrogen and oxygen atoms in total. The molecule has 0 aliphatic heterocycles. The Hall–Kier alpha value is -2.49. The van der Waals surface area contributed by atoms with Gasteiger partial charge >= 0.3 is 0 Å². The van der Waals surface area contributed by atoms with E-state index in [0.29, 0.717) is 6.54 Å². The molecule has 0 bridgehead atoms. The van der Waals surface area contributed by atoms with E-state index in [1.54, 1.807) is 7.11 Å². The van der Waals surface area contributed by atoms with Crippen molar-refractivity contribution in [1.82, 2.24) is 5.32 Å². The van der Waals surface area contributed by atoms with Crippen LogP contribution in [-0.4, -0.2) is 19.6 Å². The molecule has 0 aromatic heterocycles. The van der Waals surface area contributed by atoms with Crippen LogP contribution in [0.15, 0.2) is 42.5 Å². The number of rotatable bonds is 6. The first kappa shape index (κ1) is 15.9. The molecular weight excluding hydrogens is 278 g/mol. The molecule has 22 heavy (non-hydrogen) atoms. The zero-order valence-electron chi connectivity index (χ0n) is 13.2. The molecule has 0 heterocycles. The molecule has 0 atom stereocenters. The van der Waals surface area contributed by atoms with Gasteiger partial charge < -0.3 is 14.8 Å². The summed E-state index contributed by atoms with van der Waals surface area (Å²) in [4.78, 5) is 11.9. The number of methoxy groups -OCH3 is 1. The normalized spacial score (nSPS) is 10.1. The summed E-state index contributed by atoms with van der Waals surface area (Å²) in [5, 5.41) is 2.83. The highest BCUT2D eigenvalue weighted by atomic mass is 16.5. The number of carbonyl (C=O) groups is 1. The highest BCUT2D eigenvalue weighted by Crippen LogP contribution is 2.20. The molecule has 4 heteroatoms. The average molecular weight is 299 g/mol. The fraction of sp³-hybridized carbons (Fsp3) is 0.278. The van der Waals surface area contributed by atoms with Crippen molar-refractivity contribution < 1.29 is 14.3 Å². The second kappa shape index (κ2) is 7.50. The SMILES string of the molecule is COc1ccccc1CNC(=O)COc1cccc(C)c1C. The first-order valence-corrected chi connectivity index (χ1v) is 7.19. The van der Waals surface area contributed by atoms with Crippen molar-refractivity contribution in [2.45, 2.75) is 20.4 Å². The maximum atomic E-state index is 11.9. The topological polar surface area (TPSA) is 47.6 Å². The minimum Gasteiger partial charge on any atom is -0.496 e. The highest BCUT2D eigenvalue weighted by molar-refractivity contribution is 5.77. The van der Waals surface area contributed by atoms with E-state index in [-0.39, 0.29) is 12.5 Å². The summed E-state index contributed by atoms with van der Waals surface area (Å²) < 4.78 is 10.8. The Kier molecular flexibility index (Phi) is 5.42. The predicted molar refractivity (Wildman–Crippen MR) is 86.3 cm³/mol. The second-order valence-corrected chi connectivity index (χ2v) is 5.08. The Balaban J connectivity index is 1.87. The van der Waals surface area contributed by atoms with Gasteiger partial charge in [-0.15, -0.1) is 0 Å². The van der Waals surface area contributed by atoms with Crippen LogP contribution in [0.5, 0.6) is 11.5 Å². The number of nitrogens with one attached hydrogen (secondary N) is 1. The summed E-state index contributed by atoms with van der Waals surface area (Å²) in [5.74, 6) is 1.34. The van der Waals surface area contributed by atoms with Gasteiger partial charge in [-0.25, -0.2) is 0 Å². The molecule has 2 rings (SSSR count). The molecule has 0 saturated carbocycles. The lowest BCUT2D eigenvalue weighted by molar-refractivity contribution is -0.123. The minimum absolute atomic E-state index is 0.000553. The first-order valence-electron chi connectivity index (χ1n) is 7.19. The van der Waals surface area contributed by atoms with Crippen LogP contribution in [0.1, 0.15) is 16.7 Å². The van der Waals surface area contributed by atoms with Crippen molar-refractivity contribution in [3.05, 3.63) is 59.2 Å². The number of carbonyl (C=O) groups excluding carboxylic acids is 1. The molecular formula is C18H21NO3. The smallest absolute Gasteiger partial charge is 0.258 e. The van der Waals surface area contributed by atoms with Gasteiger partial charge in [-0.1, -0.05) is 30.3 Å². The standard InChI is InChI=1S/C18H21NO3/c1-13-7-6-10-16(14(13)2)22-12-18(20)19-11-15-8-4-5-9-17(15)21-3/h4-10H,11-12H2,1-3H3,(H,19,20). The molecule has 2 aromatic rings. The maximum absolute atomic E-state index is 11.9. The third-order valence-corrected chi connectivity index (χ3v) is 3.58. The van der Waals surface area contributed by atoms with E-state index < -0.39 is 0 Å². The Bertz CT molecular complexity index is 653. The Morgan fingerprint density at radius 1 is 1.05 bits per heavy atom. The lowest BCUT2D eigenvalue weighted by Gasteiger charge is -2.12. The minimum atomic E-state index is -0.160. The van der Waals surface area contributed by atoms with Crippen LogP contribution in [0, 0.1) is 13.8 Å². The monoisotopic (exact) mass is 299 g/mol. The summed E-state index contributed by atoms with van der Waals surface area (Å²) in [5.41, 5.74) is 3.14. The zero-order valence-corrected chi connectivity index (χ0v) is 13.2. The van der Waals surface area contributed by atoms with Crippen molar-refractivity contribution in [2.24, 2.45) is 0 Å². The Labute approximate surface area is 131 Å². The molecule has 0 aliphatic rings. The van der Waals surface area contributed by atoms with E-state index in [9.17, 15) is 4.79 Å². The zero-order chi connectivity index (χ0) is 15.9. The fourth-order valence-electron chi connectivity index (χ4n) is 2.12. The quantitative estimate of drug-likeness (QED) is 0.892. The van der Waals surface area contributed by atoms with E-state index in [2.05, 4.69) is 5.32 Å². The maximum Gasteiger partial charge on any atom is 0.258 e. The molecule has 1 N–H and O–H groups in total. The molecule has 0 radical (unpaired) electrons. The van der Waals surface area contributed by atoms with Crippen molar-refractivity contribution in [2.75, 3.05) is 13.7 Å². The van der Waals surface area contributed by atoms with Crippen molar-refractivity contribution in [3.63, 3.8) is 0 Å². The van der Waals surface area contributed by atoms with Gasteiger partial charge in [-0.2, -0.15) is 0 Å². The van der Waals surface area contributed by atoms with Crippen molar-refractivity contribution in [3.8, 4) is 11.5 Å². The van der Waals surface area contributed by atoms with Gasteiger partial charge in [0.1, 0.15) is 11.5 Å². The number of aryl methyl sites for hydroxylation is 1. The van der Waals surface area contributed by atoms with Crippen molar-refractivity contribution >= 4 is 5.91 Å². The Morgan fingerprint density at radius 2 is 1.77 bits per heavy atom. The fourth-order valence-corrected chi connectivity index (χ4v) is 2.12. The number of amides is 1. The van der Waals surface area contributed by atoms with E-state index in [0.717, 1.165) is 28.2 Å². The molecule has 1 amide bonds. The summed E-state index contributed by atoms with van der Waals surface area (Å²) in [6.45, 7) is 4.42. The third-order valence-electron chi connectivity index (χ3n) is 3.58. The van der Waals surface area contributed by atoms with Gasteiger partial charge in [0.2, 0.25) is 0 Å². The molecule has 2 aromatic carbocycles. The van der Waals surface area contributed by atoms with Crippen LogP contribution in [0.4, 0.5) is 0 Å². The van der Waals surface area contributed by atoms with Gasteiger partial charge in [0.05, 0.1) is 7.11 Å². The third kappa shape index (κ3) is 4.01. The van der Waals surface area contributed by atoms with Crippen LogP contribution < -0.4 is 14.8 Å². The largest absolute Gasteiger partial charge is 0.496 e. The molecule has 116 valence electrons. The van der Waals surface area contributed by atoms with Crippen LogP contribution in [-0.2, 0) is 11.3 Å². The Morgan fingerprint density at radius 3 is 2.55 bits per heavy atom. The number of hydrogen-bond acceptors (Lipinski definition) is 3. The molecule has 0 saturated heterocycles. The lowest BCUT2D eigenvalue weighted by atomic mass is 10.1. The van der Waals surface area contributed by atoms with E-state index in [1.165, 1.54) is 0 Å². The van der Waals surface area contributed by atoms with Crippen LogP contribution in [0.2, 0.25) is 0 Å². The number of para-hydroxylation sites is 1. The van der Waals surface area contributed by atoms with Crippen LogP contribution in [0.3, 0.4) is 0 Å². The first-order chi connectivity index (χ1) is 10.6. The second-order valence-electron chi connectivity index (χ2n) is 5.08. The van der Waals surface area contributed by atoms with E-state index in [1.807, 2.05) is 56.3 Å². The summed E-state index contributed by atoms with van der Waals surface area (Å²) in [6, 6.07) is 13.4. The predicted octanol–water partition coefficient (Wildman–Crippen LogP) is 3.01.